The van der Waals surface area contributed by atoms with E-state index < -0.39 is 24.0 Å². The number of methoxy groups -OCH3 is 1. The Morgan fingerprint density at radius 2 is 1.95 bits per heavy atom. The summed E-state index contributed by atoms with van der Waals surface area (Å²) in [6.07, 6.45) is 0.785. The quantitative estimate of drug-likeness (QED) is 0.628. The number of hydrogen-bond donors (Lipinski definition) is 2. The van der Waals surface area contributed by atoms with E-state index in [1.165, 1.54) is 32.8 Å². The van der Waals surface area contributed by atoms with Gasteiger partial charge in [-0.25, -0.2) is 9.59 Å². The molecule has 3 amide bonds. The molecule has 1 aromatic rings. The average molecular weight is 326 g/mol. The molecule has 120 valence electrons. The van der Waals surface area contributed by atoms with Crippen molar-refractivity contribution in [1.82, 2.24) is 10.6 Å². The van der Waals surface area contributed by atoms with Crippen molar-refractivity contribution in [2.75, 3.05) is 20.4 Å². The fourth-order valence-corrected chi connectivity index (χ4v) is 1.95. The van der Waals surface area contributed by atoms with Crippen LogP contribution in [0.1, 0.15) is 17.3 Å². The second kappa shape index (κ2) is 8.28. The summed E-state index contributed by atoms with van der Waals surface area (Å²) in [5.74, 6) is -1.06. The Bertz CT molecular complexity index is 576. The summed E-state index contributed by atoms with van der Waals surface area (Å²) in [5, 5.41) is 4.27. The number of hydrogen-bond acceptors (Lipinski definition) is 6. The van der Waals surface area contributed by atoms with Crippen LogP contribution < -0.4 is 15.4 Å². The number of rotatable bonds is 5. The van der Waals surface area contributed by atoms with Crippen molar-refractivity contribution in [3.8, 4) is 5.75 Å². The van der Waals surface area contributed by atoms with Gasteiger partial charge in [-0.3, -0.25) is 10.1 Å². The summed E-state index contributed by atoms with van der Waals surface area (Å²) in [6.45, 7) is 1.37. The number of esters is 1. The number of amides is 3. The summed E-state index contributed by atoms with van der Waals surface area (Å²) >= 11 is 1.51. The zero-order chi connectivity index (χ0) is 16.7. The normalized spacial score (nSPS) is 11.3. The van der Waals surface area contributed by atoms with Crippen molar-refractivity contribution in [3.63, 3.8) is 0 Å². The van der Waals surface area contributed by atoms with E-state index in [9.17, 15) is 14.4 Å². The van der Waals surface area contributed by atoms with Crippen LogP contribution in [0.2, 0.25) is 0 Å². The van der Waals surface area contributed by atoms with E-state index in [4.69, 9.17) is 9.47 Å². The van der Waals surface area contributed by atoms with Crippen molar-refractivity contribution in [3.05, 3.63) is 23.8 Å². The first-order valence-corrected chi connectivity index (χ1v) is 7.61. The molecule has 0 heterocycles. The van der Waals surface area contributed by atoms with Gasteiger partial charge in [0.05, 0.1) is 7.11 Å². The van der Waals surface area contributed by atoms with E-state index in [0.717, 1.165) is 4.90 Å². The maximum Gasteiger partial charge on any atom is 0.342 e. The molecule has 7 nitrogen and oxygen atoms in total. The highest BCUT2D eigenvalue weighted by Gasteiger charge is 2.22. The van der Waals surface area contributed by atoms with Gasteiger partial charge in [-0.05, 0) is 31.4 Å². The first-order chi connectivity index (χ1) is 10.4. The van der Waals surface area contributed by atoms with Crippen molar-refractivity contribution in [2.45, 2.75) is 17.9 Å². The Kier molecular flexibility index (Phi) is 6.71. The Morgan fingerprint density at radius 3 is 2.50 bits per heavy atom. The SMILES string of the molecule is CNC(=O)NC(=O)[C@@H](C)OC(=O)c1ccc(SC)cc1OC. The highest BCUT2D eigenvalue weighted by molar-refractivity contribution is 7.98. The van der Waals surface area contributed by atoms with Crippen LogP contribution in [0.3, 0.4) is 0 Å². The molecule has 0 aliphatic heterocycles. The fraction of sp³-hybridized carbons (Fsp3) is 0.357. The van der Waals surface area contributed by atoms with Gasteiger partial charge >= 0.3 is 12.0 Å². The molecule has 22 heavy (non-hydrogen) atoms. The topological polar surface area (TPSA) is 93.7 Å². The number of imide groups is 1. The smallest absolute Gasteiger partial charge is 0.342 e. The first kappa shape index (κ1) is 17.8. The monoisotopic (exact) mass is 326 g/mol. The zero-order valence-electron chi connectivity index (χ0n) is 12.8. The molecule has 1 rings (SSSR count). The molecule has 0 aliphatic carbocycles. The van der Waals surface area contributed by atoms with Gasteiger partial charge in [-0.15, -0.1) is 11.8 Å². The van der Waals surface area contributed by atoms with Crippen LogP contribution >= 0.6 is 11.8 Å². The Balaban J connectivity index is 2.80. The molecule has 0 fully saturated rings. The van der Waals surface area contributed by atoms with Gasteiger partial charge in [0, 0.05) is 11.9 Å². The predicted molar refractivity (Wildman–Crippen MR) is 82.3 cm³/mol. The minimum Gasteiger partial charge on any atom is -0.496 e. The van der Waals surface area contributed by atoms with E-state index >= 15 is 0 Å². The minimum atomic E-state index is -1.12. The number of carbonyl (C=O) groups is 3. The summed E-state index contributed by atoms with van der Waals surface area (Å²) in [5.41, 5.74) is 0.208. The van der Waals surface area contributed by atoms with Crippen LogP contribution in [0.15, 0.2) is 23.1 Å². The standard InChI is InChI=1S/C14H18N2O5S/c1-8(12(17)16-14(19)15-2)21-13(18)10-6-5-9(22-4)7-11(10)20-3/h5-8H,1-4H3,(H2,15,16,17,19)/t8-/m1/s1. The average Bonchev–Trinajstić information content (AvgIpc) is 2.53. The van der Waals surface area contributed by atoms with Crippen LogP contribution in [0, 0.1) is 0 Å². The first-order valence-electron chi connectivity index (χ1n) is 6.38. The van der Waals surface area contributed by atoms with Gasteiger partial charge in [0.25, 0.3) is 5.91 Å². The van der Waals surface area contributed by atoms with Gasteiger partial charge in [0.2, 0.25) is 0 Å². The molecular formula is C14H18N2O5S. The molecule has 0 aromatic heterocycles. The molecule has 0 radical (unpaired) electrons. The fourth-order valence-electron chi connectivity index (χ4n) is 1.52. The van der Waals surface area contributed by atoms with Crippen molar-refractivity contribution in [1.29, 1.82) is 0 Å². The number of thioether (sulfide) groups is 1. The molecule has 2 N–H and O–H groups in total. The molecule has 1 aromatic carbocycles. The van der Waals surface area contributed by atoms with Gasteiger partial charge < -0.3 is 14.8 Å². The summed E-state index contributed by atoms with van der Waals surface area (Å²) in [6, 6.07) is 4.35. The molecule has 8 heteroatoms. The molecule has 0 saturated heterocycles. The lowest BCUT2D eigenvalue weighted by atomic mass is 10.2. The molecule has 1 atom stereocenters. The van der Waals surface area contributed by atoms with E-state index in [0.29, 0.717) is 5.75 Å². The predicted octanol–water partition coefficient (Wildman–Crippen LogP) is 1.42. The molecule has 0 bridgehead atoms. The van der Waals surface area contributed by atoms with Crippen molar-refractivity contribution >= 4 is 29.7 Å². The molecule has 0 aliphatic rings. The Morgan fingerprint density at radius 1 is 1.27 bits per heavy atom. The molecule has 0 saturated carbocycles. The lowest BCUT2D eigenvalue weighted by molar-refractivity contribution is -0.127. The third-order valence-corrected chi connectivity index (χ3v) is 3.47. The van der Waals surface area contributed by atoms with Crippen LogP contribution in [-0.2, 0) is 9.53 Å². The second-order valence-electron chi connectivity index (χ2n) is 4.18. The Hall–Kier alpha value is -2.22. The van der Waals surface area contributed by atoms with Gasteiger partial charge in [0.15, 0.2) is 6.10 Å². The summed E-state index contributed by atoms with van der Waals surface area (Å²) in [4.78, 5) is 35.7. The Labute approximate surface area is 132 Å². The van der Waals surface area contributed by atoms with E-state index in [1.807, 2.05) is 11.6 Å². The van der Waals surface area contributed by atoms with E-state index in [2.05, 4.69) is 5.32 Å². The molecule has 0 spiro atoms. The van der Waals surface area contributed by atoms with E-state index in [-0.39, 0.29) is 5.56 Å². The molecular weight excluding hydrogens is 308 g/mol. The van der Waals surface area contributed by atoms with Crippen LogP contribution in [0.4, 0.5) is 4.79 Å². The number of nitrogens with one attached hydrogen (secondary N) is 2. The van der Waals surface area contributed by atoms with Gasteiger partial charge in [-0.1, -0.05) is 0 Å². The zero-order valence-corrected chi connectivity index (χ0v) is 13.6. The maximum absolute atomic E-state index is 12.1. The second-order valence-corrected chi connectivity index (χ2v) is 5.06. The van der Waals surface area contributed by atoms with Crippen LogP contribution in [0.25, 0.3) is 0 Å². The van der Waals surface area contributed by atoms with Crippen molar-refractivity contribution in [2.24, 2.45) is 0 Å². The third-order valence-electron chi connectivity index (χ3n) is 2.75. The van der Waals surface area contributed by atoms with Gasteiger partial charge in [-0.2, -0.15) is 0 Å². The lowest BCUT2D eigenvalue weighted by Crippen LogP contribution is -2.43. The van der Waals surface area contributed by atoms with Gasteiger partial charge in [0.1, 0.15) is 11.3 Å². The summed E-state index contributed by atoms with van der Waals surface area (Å²) in [7, 11) is 2.81. The maximum atomic E-state index is 12.1. The molecule has 0 unspecified atom stereocenters. The number of ether oxygens (including phenoxy) is 2. The van der Waals surface area contributed by atoms with E-state index in [1.54, 1.807) is 18.2 Å². The highest BCUT2D eigenvalue weighted by atomic mass is 32.2. The third kappa shape index (κ3) is 4.66. The minimum absolute atomic E-state index is 0.208. The number of urea groups is 1. The summed E-state index contributed by atoms with van der Waals surface area (Å²) < 4.78 is 10.2. The van der Waals surface area contributed by atoms with Crippen LogP contribution in [0.5, 0.6) is 5.75 Å². The number of carbonyl (C=O) groups excluding carboxylic acids is 3. The van der Waals surface area contributed by atoms with Crippen molar-refractivity contribution < 1.29 is 23.9 Å². The lowest BCUT2D eigenvalue weighted by Gasteiger charge is -2.14. The highest BCUT2D eigenvalue weighted by Crippen LogP contribution is 2.26. The number of benzene rings is 1. The largest absolute Gasteiger partial charge is 0.496 e. The van der Waals surface area contributed by atoms with Crippen LogP contribution in [-0.4, -0.2) is 44.4 Å².